The van der Waals surface area contributed by atoms with Gasteiger partial charge in [-0.25, -0.2) is 4.79 Å². The van der Waals surface area contributed by atoms with E-state index in [2.05, 4.69) is 15.0 Å². The zero-order valence-corrected chi connectivity index (χ0v) is 17.1. The van der Waals surface area contributed by atoms with Crippen molar-refractivity contribution in [2.24, 2.45) is 11.8 Å². The number of aromatic nitrogens is 3. The summed E-state index contributed by atoms with van der Waals surface area (Å²) < 4.78 is 48.4. The maximum Gasteiger partial charge on any atom is 0.573 e. The van der Waals surface area contributed by atoms with Crippen LogP contribution in [0.2, 0.25) is 0 Å². The number of fused-ring (bicyclic) bond motifs is 1. The molecule has 1 N–H and O–H groups in total. The lowest BCUT2D eigenvalue weighted by Crippen LogP contribution is -2.17. The third kappa shape index (κ3) is 4.38. The SMILES string of the molecule is CPn1nnc(C(=O)O)c1OC1C[C@@H]2CC(c3ccc(OC(F)(F)F)cc3)C[C@@H]2C1. The molecule has 0 bridgehead atoms. The first-order valence-electron chi connectivity index (χ1n) is 9.62. The van der Waals surface area contributed by atoms with Crippen LogP contribution in [0.25, 0.3) is 0 Å². The number of carboxylic acid groups (broad SMARTS) is 1. The highest BCUT2D eigenvalue weighted by Crippen LogP contribution is 2.51. The molecular formula is C19H21F3N3O4P. The second-order valence-electron chi connectivity index (χ2n) is 7.70. The number of carbonyl (C=O) groups is 1. The topological polar surface area (TPSA) is 86.5 Å². The fourth-order valence-corrected chi connectivity index (χ4v) is 5.18. The van der Waals surface area contributed by atoms with E-state index in [1.807, 2.05) is 6.66 Å². The van der Waals surface area contributed by atoms with Crippen LogP contribution in [-0.4, -0.2) is 45.0 Å². The zero-order chi connectivity index (χ0) is 21.5. The molecule has 1 aromatic carbocycles. The Bertz CT molecular complexity index is 905. The van der Waals surface area contributed by atoms with E-state index in [4.69, 9.17) is 4.74 Å². The van der Waals surface area contributed by atoms with E-state index in [9.17, 15) is 23.1 Å². The molecule has 162 valence electrons. The number of halogens is 3. The van der Waals surface area contributed by atoms with Crippen LogP contribution in [0, 0.1) is 11.8 Å². The minimum Gasteiger partial charge on any atom is -0.476 e. The normalized spacial score (nSPS) is 26.3. The third-order valence-electron chi connectivity index (χ3n) is 5.88. The monoisotopic (exact) mass is 443 g/mol. The minimum absolute atomic E-state index is 0.0878. The number of hydrogen-bond acceptors (Lipinski definition) is 5. The summed E-state index contributed by atoms with van der Waals surface area (Å²) in [4.78, 5) is 11.4. The van der Waals surface area contributed by atoms with Gasteiger partial charge in [0.25, 0.3) is 5.88 Å². The molecule has 0 radical (unpaired) electrons. The summed E-state index contributed by atoms with van der Waals surface area (Å²) >= 11 is 0. The number of ether oxygens (including phenoxy) is 2. The molecule has 30 heavy (non-hydrogen) atoms. The molecule has 11 heteroatoms. The fourth-order valence-electron chi connectivity index (χ4n) is 4.69. The molecule has 0 aliphatic heterocycles. The van der Waals surface area contributed by atoms with Crippen LogP contribution in [0.4, 0.5) is 13.2 Å². The van der Waals surface area contributed by atoms with E-state index in [0.29, 0.717) is 17.8 Å². The standard InChI is InChI=1S/C19H21F3N3O4P/c1-30-25-17(16(18(26)27)23-24-25)28-15-8-12-6-11(7-13(12)9-15)10-2-4-14(5-3-10)29-19(20,21)22/h2-5,11-13,15,30H,6-9H2,1H3,(H,26,27)/t11?,12-,13+,15?. The van der Waals surface area contributed by atoms with E-state index in [1.54, 1.807) is 12.1 Å². The van der Waals surface area contributed by atoms with Gasteiger partial charge in [-0.15, -0.1) is 18.3 Å². The Balaban J connectivity index is 1.37. The fraction of sp³-hybridized carbons (Fsp3) is 0.526. The van der Waals surface area contributed by atoms with Crippen molar-refractivity contribution in [3.63, 3.8) is 0 Å². The summed E-state index contributed by atoms with van der Waals surface area (Å²) in [5, 5.41) is 16.8. The Morgan fingerprint density at radius 1 is 1.17 bits per heavy atom. The molecule has 2 fully saturated rings. The van der Waals surface area contributed by atoms with Crippen molar-refractivity contribution >= 4 is 14.7 Å². The van der Waals surface area contributed by atoms with Crippen LogP contribution >= 0.6 is 8.73 Å². The van der Waals surface area contributed by atoms with Crippen molar-refractivity contribution in [3.05, 3.63) is 35.5 Å². The number of alkyl halides is 3. The van der Waals surface area contributed by atoms with Gasteiger partial charge in [0.05, 0.1) is 0 Å². The van der Waals surface area contributed by atoms with Gasteiger partial charge < -0.3 is 14.6 Å². The highest BCUT2D eigenvalue weighted by Gasteiger charge is 2.43. The van der Waals surface area contributed by atoms with Crippen LogP contribution in [0.1, 0.15) is 47.7 Å². The van der Waals surface area contributed by atoms with Gasteiger partial charge in [0.1, 0.15) is 11.9 Å². The van der Waals surface area contributed by atoms with Crippen LogP contribution in [0.15, 0.2) is 24.3 Å². The first-order valence-corrected chi connectivity index (χ1v) is 11.1. The summed E-state index contributed by atoms with van der Waals surface area (Å²) in [5.41, 5.74) is 0.847. The number of rotatable bonds is 6. The van der Waals surface area contributed by atoms with Gasteiger partial charge in [-0.1, -0.05) is 17.3 Å². The summed E-state index contributed by atoms with van der Waals surface area (Å²) in [5.74, 6) is 0.00478. The van der Waals surface area contributed by atoms with E-state index in [-0.39, 0.29) is 32.2 Å². The molecular weight excluding hydrogens is 422 g/mol. The maximum absolute atomic E-state index is 12.3. The van der Waals surface area contributed by atoms with E-state index >= 15 is 0 Å². The summed E-state index contributed by atoms with van der Waals surface area (Å²) in [6.45, 7) is 1.87. The second-order valence-corrected chi connectivity index (χ2v) is 8.57. The molecule has 7 nitrogen and oxygen atoms in total. The number of nitrogens with zero attached hydrogens (tertiary/aromatic N) is 3. The van der Waals surface area contributed by atoms with Crippen LogP contribution in [-0.2, 0) is 0 Å². The van der Waals surface area contributed by atoms with Gasteiger partial charge in [0.15, 0.2) is 0 Å². The summed E-state index contributed by atoms with van der Waals surface area (Å²) in [6.07, 6.45) is -1.28. The van der Waals surface area contributed by atoms with Crippen molar-refractivity contribution in [1.82, 2.24) is 14.8 Å². The van der Waals surface area contributed by atoms with Crippen LogP contribution in [0.5, 0.6) is 11.6 Å². The predicted octanol–water partition coefficient (Wildman–Crippen LogP) is 4.30. The molecule has 0 amide bonds. The smallest absolute Gasteiger partial charge is 0.476 e. The van der Waals surface area contributed by atoms with Gasteiger partial charge in [-0.3, -0.25) is 0 Å². The number of aromatic carboxylic acids is 1. The highest BCUT2D eigenvalue weighted by atomic mass is 31.1. The van der Waals surface area contributed by atoms with Gasteiger partial charge in [-0.05, 0) is 67.8 Å². The molecule has 0 saturated heterocycles. The Labute approximate surface area is 172 Å². The first-order chi connectivity index (χ1) is 14.2. The molecule has 1 aromatic heterocycles. The Kier molecular flexibility index (Phi) is 5.61. The minimum atomic E-state index is -4.69. The summed E-state index contributed by atoms with van der Waals surface area (Å²) in [6, 6.07) is 6.12. The lowest BCUT2D eigenvalue weighted by atomic mass is 9.94. The molecule has 2 aliphatic carbocycles. The number of benzene rings is 1. The molecule has 3 unspecified atom stereocenters. The molecule has 4 rings (SSSR count). The summed E-state index contributed by atoms with van der Waals surface area (Å²) in [7, 11) is 0.213. The van der Waals surface area contributed by atoms with E-state index in [1.165, 1.54) is 16.6 Å². The lowest BCUT2D eigenvalue weighted by Gasteiger charge is -2.18. The second kappa shape index (κ2) is 8.06. The Hall–Kier alpha value is -2.35. The van der Waals surface area contributed by atoms with Crippen molar-refractivity contribution in [2.45, 2.75) is 44.1 Å². The van der Waals surface area contributed by atoms with Crippen molar-refractivity contribution < 1.29 is 32.5 Å². The molecule has 2 aliphatic rings. The quantitative estimate of drug-likeness (QED) is 0.670. The molecule has 0 spiro atoms. The van der Waals surface area contributed by atoms with Crippen molar-refractivity contribution in [3.8, 4) is 11.6 Å². The average molecular weight is 443 g/mol. The molecule has 2 saturated carbocycles. The predicted molar refractivity (Wildman–Crippen MR) is 102 cm³/mol. The third-order valence-corrected chi connectivity index (χ3v) is 6.60. The largest absolute Gasteiger partial charge is 0.573 e. The Morgan fingerprint density at radius 3 is 2.33 bits per heavy atom. The van der Waals surface area contributed by atoms with Gasteiger partial charge in [-0.2, -0.15) is 4.45 Å². The van der Waals surface area contributed by atoms with Gasteiger partial charge in [0.2, 0.25) is 5.69 Å². The molecule has 2 aromatic rings. The maximum atomic E-state index is 12.3. The highest BCUT2D eigenvalue weighted by molar-refractivity contribution is 7.35. The zero-order valence-electron chi connectivity index (χ0n) is 16.1. The molecule has 5 atom stereocenters. The first kappa shape index (κ1) is 20.9. The van der Waals surface area contributed by atoms with E-state index < -0.39 is 12.3 Å². The van der Waals surface area contributed by atoms with Gasteiger partial charge >= 0.3 is 12.3 Å². The van der Waals surface area contributed by atoms with Crippen molar-refractivity contribution in [1.29, 1.82) is 0 Å². The lowest BCUT2D eigenvalue weighted by molar-refractivity contribution is -0.274. The number of carboxylic acids is 1. The van der Waals surface area contributed by atoms with Crippen LogP contribution < -0.4 is 9.47 Å². The van der Waals surface area contributed by atoms with Gasteiger partial charge in [0, 0.05) is 8.73 Å². The molecule has 1 heterocycles. The Morgan fingerprint density at radius 2 is 1.80 bits per heavy atom. The number of hydrogen-bond donors (Lipinski definition) is 1. The van der Waals surface area contributed by atoms with E-state index in [0.717, 1.165) is 31.2 Å². The van der Waals surface area contributed by atoms with Crippen molar-refractivity contribution in [2.75, 3.05) is 6.66 Å². The van der Waals surface area contributed by atoms with Crippen LogP contribution in [0.3, 0.4) is 0 Å². The average Bonchev–Trinajstić information content (AvgIpc) is 3.34.